The highest BCUT2D eigenvalue weighted by Gasteiger charge is 2.27. The summed E-state index contributed by atoms with van der Waals surface area (Å²) in [5.74, 6) is 1.76. The van der Waals surface area contributed by atoms with E-state index in [4.69, 9.17) is 42.6 Å². The number of ether oxygens (including phenoxy) is 2. The first-order valence-electron chi connectivity index (χ1n) is 10.9. The topological polar surface area (TPSA) is 76.6 Å². The average Bonchev–Trinajstić information content (AvgIpc) is 2.83. The van der Waals surface area contributed by atoms with E-state index in [1.54, 1.807) is 7.11 Å². The van der Waals surface area contributed by atoms with Crippen molar-refractivity contribution in [3.8, 4) is 5.75 Å². The summed E-state index contributed by atoms with van der Waals surface area (Å²) in [6.07, 6.45) is 1.43. The second-order valence-electron chi connectivity index (χ2n) is 7.87. The molecule has 7 nitrogen and oxygen atoms in total. The molecule has 2 aromatic carbocycles. The van der Waals surface area contributed by atoms with Crippen LogP contribution in [0.15, 0.2) is 36.4 Å². The van der Waals surface area contributed by atoms with Crippen molar-refractivity contribution in [1.29, 1.82) is 0 Å². The molecule has 34 heavy (non-hydrogen) atoms. The quantitative estimate of drug-likeness (QED) is 0.393. The van der Waals surface area contributed by atoms with Gasteiger partial charge in [0.2, 0.25) is 5.95 Å². The highest BCUT2D eigenvalue weighted by atomic mass is 35.5. The van der Waals surface area contributed by atoms with Gasteiger partial charge in [0.05, 0.1) is 30.2 Å². The lowest BCUT2D eigenvalue weighted by Crippen LogP contribution is -2.38. The van der Waals surface area contributed by atoms with Gasteiger partial charge in [0, 0.05) is 30.0 Å². The molecule has 4 rings (SSSR count). The number of nitrogens with one attached hydrogen (secondary N) is 1. The smallest absolute Gasteiger partial charge is 0.309 e. The molecular formula is C24H27Cl3N4O3. The van der Waals surface area contributed by atoms with Crippen LogP contribution < -0.4 is 15.0 Å². The molecule has 1 aliphatic rings. The maximum absolute atomic E-state index is 12.1. The van der Waals surface area contributed by atoms with Gasteiger partial charge in [0.25, 0.3) is 0 Å². The summed E-state index contributed by atoms with van der Waals surface area (Å²) < 4.78 is 10.4. The molecule has 0 atom stereocenters. The van der Waals surface area contributed by atoms with E-state index in [1.165, 1.54) is 0 Å². The van der Waals surface area contributed by atoms with Crippen molar-refractivity contribution in [3.63, 3.8) is 0 Å². The van der Waals surface area contributed by atoms with E-state index in [1.807, 2.05) is 43.3 Å². The molecule has 3 aromatic rings. The number of fused-ring (bicyclic) bond motifs is 1. The number of methoxy groups -OCH3 is 1. The third kappa shape index (κ3) is 5.95. The second kappa shape index (κ2) is 11.8. The zero-order valence-corrected chi connectivity index (χ0v) is 21.3. The molecule has 0 bridgehead atoms. The summed E-state index contributed by atoms with van der Waals surface area (Å²) >= 11 is 12.5. The molecule has 1 N–H and O–H groups in total. The van der Waals surface area contributed by atoms with Crippen LogP contribution in [0.4, 0.5) is 11.8 Å². The number of benzene rings is 2. The van der Waals surface area contributed by atoms with Gasteiger partial charge in [-0.05, 0) is 55.7 Å². The maximum atomic E-state index is 12.1. The van der Waals surface area contributed by atoms with Gasteiger partial charge in [0.1, 0.15) is 11.6 Å². The van der Waals surface area contributed by atoms with Crippen LogP contribution in [0.1, 0.15) is 25.3 Å². The van der Waals surface area contributed by atoms with Crippen LogP contribution in [0.2, 0.25) is 10.0 Å². The minimum atomic E-state index is -0.119. The average molecular weight is 526 g/mol. The Labute approximate surface area is 215 Å². The number of piperidine rings is 1. The third-order valence-electron chi connectivity index (χ3n) is 5.72. The summed E-state index contributed by atoms with van der Waals surface area (Å²) in [6, 6.07) is 11.2. The Morgan fingerprint density at radius 3 is 2.59 bits per heavy atom. The van der Waals surface area contributed by atoms with E-state index < -0.39 is 0 Å². The fourth-order valence-corrected chi connectivity index (χ4v) is 4.40. The largest absolute Gasteiger partial charge is 0.495 e. The maximum Gasteiger partial charge on any atom is 0.309 e. The third-order valence-corrected chi connectivity index (χ3v) is 6.25. The van der Waals surface area contributed by atoms with Gasteiger partial charge in [-0.2, -0.15) is 4.98 Å². The summed E-state index contributed by atoms with van der Waals surface area (Å²) in [6.45, 7) is 4.14. The summed E-state index contributed by atoms with van der Waals surface area (Å²) in [5.41, 5.74) is 1.79. The van der Waals surface area contributed by atoms with E-state index in [9.17, 15) is 4.79 Å². The lowest BCUT2D eigenvalue weighted by molar-refractivity contribution is -0.148. The molecule has 182 valence electrons. The van der Waals surface area contributed by atoms with Crippen LogP contribution in [-0.2, 0) is 16.1 Å². The van der Waals surface area contributed by atoms with Crippen LogP contribution in [0.5, 0.6) is 5.75 Å². The molecule has 0 aliphatic carbocycles. The lowest BCUT2D eigenvalue weighted by atomic mass is 9.97. The summed E-state index contributed by atoms with van der Waals surface area (Å²) in [4.78, 5) is 23.8. The van der Waals surface area contributed by atoms with Crippen molar-refractivity contribution in [2.24, 2.45) is 5.92 Å². The number of carbonyl (C=O) groups excluding carboxylic acids is 1. The van der Waals surface area contributed by atoms with Crippen LogP contribution in [0, 0.1) is 5.92 Å². The first kappa shape index (κ1) is 26.1. The van der Waals surface area contributed by atoms with Gasteiger partial charge < -0.3 is 19.7 Å². The molecular weight excluding hydrogens is 499 g/mol. The predicted molar refractivity (Wildman–Crippen MR) is 139 cm³/mol. The highest BCUT2D eigenvalue weighted by molar-refractivity contribution is 6.32. The molecule has 0 amide bonds. The van der Waals surface area contributed by atoms with Gasteiger partial charge >= 0.3 is 5.97 Å². The minimum Gasteiger partial charge on any atom is -0.495 e. The van der Waals surface area contributed by atoms with Gasteiger partial charge in [-0.1, -0.05) is 29.3 Å². The number of esters is 1. The Morgan fingerprint density at radius 1 is 1.15 bits per heavy atom. The fourth-order valence-electron chi connectivity index (χ4n) is 3.95. The van der Waals surface area contributed by atoms with Gasteiger partial charge in [-0.3, -0.25) is 4.79 Å². The van der Waals surface area contributed by atoms with Crippen molar-refractivity contribution in [1.82, 2.24) is 9.97 Å². The number of carbonyl (C=O) groups is 1. The molecule has 1 aromatic heterocycles. The van der Waals surface area contributed by atoms with E-state index >= 15 is 0 Å². The normalized spacial score (nSPS) is 13.9. The van der Waals surface area contributed by atoms with Crippen molar-refractivity contribution in [3.05, 3.63) is 52.0 Å². The van der Waals surface area contributed by atoms with Crippen LogP contribution >= 0.6 is 35.6 Å². The van der Waals surface area contributed by atoms with Gasteiger partial charge in [-0.25, -0.2) is 4.98 Å². The SMILES string of the molecule is CCOC(=O)C1CCN(c2nc(NCc3ccc(OC)c(Cl)c3)c3cc(Cl)ccc3n2)CC1.Cl. The number of rotatable bonds is 7. The molecule has 1 aliphatic heterocycles. The summed E-state index contributed by atoms with van der Waals surface area (Å²) in [5, 5.41) is 5.42. The summed E-state index contributed by atoms with van der Waals surface area (Å²) in [7, 11) is 1.59. The van der Waals surface area contributed by atoms with Crippen molar-refractivity contribution < 1.29 is 14.3 Å². The van der Waals surface area contributed by atoms with Crippen LogP contribution in [-0.4, -0.2) is 42.7 Å². The molecule has 0 spiro atoms. The first-order chi connectivity index (χ1) is 16.0. The lowest BCUT2D eigenvalue weighted by Gasteiger charge is -2.31. The Bertz CT molecular complexity index is 1150. The minimum absolute atomic E-state index is 0. The van der Waals surface area contributed by atoms with E-state index in [-0.39, 0.29) is 24.3 Å². The van der Waals surface area contributed by atoms with E-state index in [0.717, 1.165) is 16.5 Å². The number of halogens is 3. The van der Waals surface area contributed by atoms with Gasteiger partial charge in [0.15, 0.2) is 0 Å². The Balaban J connectivity index is 0.00000324. The molecule has 10 heteroatoms. The standard InChI is InChI=1S/C24H26Cl2N4O3.ClH/c1-3-33-23(31)16-8-10-30(11-9-16)24-28-20-6-5-17(25)13-18(20)22(29-24)27-14-15-4-7-21(32-2)19(26)12-15;/h4-7,12-13,16H,3,8-11,14H2,1-2H3,(H,27,28,29);1H. The number of hydrogen-bond donors (Lipinski definition) is 1. The Morgan fingerprint density at radius 2 is 1.91 bits per heavy atom. The number of nitrogens with zero attached hydrogens (tertiary/aromatic N) is 3. The first-order valence-corrected chi connectivity index (χ1v) is 11.7. The van der Waals surface area contributed by atoms with Gasteiger partial charge in [-0.15, -0.1) is 12.4 Å². The van der Waals surface area contributed by atoms with E-state index in [0.29, 0.717) is 66.6 Å². The van der Waals surface area contributed by atoms with Crippen molar-refractivity contribution in [2.75, 3.05) is 37.0 Å². The number of anilines is 2. The Hall–Kier alpha value is -2.48. The number of aromatic nitrogens is 2. The van der Waals surface area contributed by atoms with Crippen molar-refractivity contribution in [2.45, 2.75) is 26.3 Å². The van der Waals surface area contributed by atoms with Crippen LogP contribution in [0.25, 0.3) is 10.9 Å². The molecule has 0 saturated carbocycles. The molecule has 1 fully saturated rings. The predicted octanol–water partition coefficient (Wildman–Crippen LogP) is 5.76. The van der Waals surface area contributed by atoms with E-state index in [2.05, 4.69) is 10.2 Å². The van der Waals surface area contributed by atoms with Crippen LogP contribution in [0.3, 0.4) is 0 Å². The molecule has 2 heterocycles. The zero-order valence-electron chi connectivity index (χ0n) is 19.0. The second-order valence-corrected chi connectivity index (χ2v) is 8.71. The van der Waals surface area contributed by atoms with Crippen molar-refractivity contribution >= 4 is 64.2 Å². The fraction of sp³-hybridized carbons (Fsp3) is 0.375. The number of hydrogen-bond acceptors (Lipinski definition) is 7. The highest BCUT2D eigenvalue weighted by Crippen LogP contribution is 2.30. The molecule has 0 unspecified atom stereocenters. The Kier molecular flexibility index (Phi) is 9.05. The zero-order chi connectivity index (χ0) is 23.4. The molecule has 0 radical (unpaired) electrons. The molecule has 1 saturated heterocycles. The monoisotopic (exact) mass is 524 g/mol.